The number of benzene rings is 1. The molecule has 1 aromatic carbocycles. The van der Waals surface area contributed by atoms with E-state index < -0.39 is 17.9 Å². The van der Waals surface area contributed by atoms with Gasteiger partial charge in [0.25, 0.3) is 0 Å². The average molecular weight is 282 g/mol. The molecular formula is C14H19FN2O3. The highest BCUT2D eigenvalue weighted by Crippen LogP contribution is 2.15. The lowest BCUT2D eigenvalue weighted by atomic mass is 9.96. The van der Waals surface area contributed by atoms with E-state index in [4.69, 9.17) is 5.11 Å². The third-order valence-corrected chi connectivity index (χ3v) is 3.04. The van der Waals surface area contributed by atoms with Gasteiger partial charge in [0.2, 0.25) is 0 Å². The largest absolute Gasteiger partial charge is 0.481 e. The number of anilines is 1. The summed E-state index contributed by atoms with van der Waals surface area (Å²) in [5.74, 6) is -2.05. The summed E-state index contributed by atoms with van der Waals surface area (Å²) in [6, 6.07) is 3.51. The molecule has 0 spiro atoms. The highest BCUT2D eigenvalue weighted by molar-refractivity contribution is 5.90. The van der Waals surface area contributed by atoms with Gasteiger partial charge < -0.3 is 15.7 Å². The Morgan fingerprint density at radius 3 is 2.50 bits per heavy atom. The SMILES string of the molecule is Cc1cc(F)ccc1NC(=O)NCC(C(=O)O)C(C)C. The molecule has 0 saturated heterocycles. The molecule has 0 aliphatic heterocycles. The van der Waals surface area contributed by atoms with E-state index >= 15 is 0 Å². The summed E-state index contributed by atoms with van der Waals surface area (Å²) in [6.07, 6.45) is 0. The maximum Gasteiger partial charge on any atom is 0.319 e. The van der Waals surface area contributed by atoms with E-state index in [9.17, 15) is 14.0 Å². The lowest BCUT2D eigenvalue weighted by Crippen LogP contribution is -2.37. The first-order chi connectivity index (χ1) is 9.31. The molecule has 3 N–H and O–H groups in total. The third-order valence-electron chi connectivity index (χ3n) is 3.04. The minimum absolute atomic E-state index is 0.0407. The Morgan fingerprint density at radius 2 is 2.00 bits per heavy atom. The second-order valence-electron chi connectivity index (χ2n) is 4.98. The molecule has 0 aliphatic rings. The number of nitrogens with one attached hydrogen (secondary N) is 2. The van der Waals surface area contributed by atoms with Gasteiger partial charge in [0.15, 0.2) is 0 Å². The lowest BCUT2D eigenvalue weighted by molar-refractivity contribution is -0.142. The normalized spacial score (nSPS) is 12.1. The van der Waals surface area contributed by atoms with Gasteiger partial charge >= 0.3 is 12.0 Å². The fourth-order valence-electron chi connectivity index (χ4n) is 1.74. The van der Waals surface area contributed by atoms with E-state index in [1.807, 2.05) is 0 Å². The molecule has 1 aromatic rings. The van der Waals surface area contributed by atoms with Gasteiger partial charge in [0, 0.05) is 12.2 Å². The fourth-order valence-corrected chi connectivity index (χ4v) is 1.74. The van der Waals surface area contributed by atoms with Gasteiger partial charge in [-0.15, -0.1) is 0 Å². The Kier molecular flexibility index (Phi) is 5.49. The minimum Gasteiger partial charge on any atom is -0.481 e. The van der Waals surface area contributed by atoms with Crippen LogP contribution in [0.2, 0.25) is 0 Å². The van der Waals surface area contributed by atoms with Crippen molar-refractivity contribution in [2.75, 3.05) is 11.9 Å². The number of halogens is 1. The van der Waals surface area contributed by atoms with Crippen LogP contribution < -0.4 is 10.6 Å². The summed E-state index contributed by atoms with van der Waals surface area (Å²) in [5.41, 5.74) is 1.08. The Morgan fingerprint density at radius 1 is 1.35 bits per heavy atom. The van der Waals surface area contributed by atoms with Crippen molar-refractivity contribution >= 4 is 17.7 Å². The zero-order valence-corrected chi connectivity index (χ0v) is 11.7. The van der Waals surface area contributed by atoms with Crippen LogP contribution in [-0.2, 0) is 4.79 Å². The van der Waals surface area contributed by atoms with Crippen molar-refractivity contribution in [1.29, 1.82) is 0 Å². The average Bonchev–Trinajstić information content (AvgIpc) is 2.32. The van der Waals surface area contributed by atoms with Crippen LogP contribution in [0.5, 0.6) is 0 Å². The van der Waals surface area contributed by atoms with Crippen LogP contribution in [-0.4, -0.2) is 23.7 Å². The maximum absolute atomic E-state index is 12.9. The molecular weight excluding hydrogens is 263 g/mol. The monoisotopic (exact) mass is 282 g/mol. The Balaban J connectivity index is 2.57. The van der Waals surface area contributed by atoms with E-state index in [1.54, 1.807) is 20.8 Å². The van der Waals surface area contributed by atoms with Crippen molar-refractivity contribution in [1.82, 2.24) is 5.32 Å². The molecule has 110 valence electrons. The first-order valence-corrected chi connectivity index (χ1v) is 6.35. The number of aliphatic carboxylic acids is 1. The predicted molar refractivity (Wildman–Crippen MR) is 74.1 cm³/mol. The molecule has 0 radical (unpaired) electrons. The summed E-state index contributed by atoms with van der Waals surface area (Å²) in [5, 5.41) is 14.1. The number of urea groups is 1. The summed E-state index contributed by atoms with van der Waals surface area (Å²) < 4.78 is 12.9. The number of carbonyl (C=O) groups is 2. The molecule has 0 bridgehead atoms. The Bertz CT molecular complexity index is 503. The van der Waals surface area contributed by atoms with E-state index in [1.165, 1.54) is 18.2 Å². The van der Waals surface area contributed by atoms with Crippen LogP contribution in [0.1, 0.15) is 19.4 Å². The van der Waals surface area contributed by atoms with E-state index in [0.29, 0.717) is 11.3 Å². The van der Waals surface area contributed by atoms with Crippen molar-refractivity contribution in [3.8, 4) is 0 Å². The second kappa shape index (κ2) is 6.88. The van der Waals surface area contributed by atoms with E-state index in [2.05, 4.69) is 10.6 Å². The predicted octanol–water partition coefficient (Wildman–Crippen LogP) is 2.61. The number of rotatable bonds is 5. The van der Waals surface area contributed by atoms with Gasteiger partial charge in [0.1, 0.15) is 5.82 Å². The Labute approximate surface area is 117 Å². The molecule has 0 aromatic heterocycles. The van der Waals surface area contributed by atoms with Gasteiger partial charge in [-0.1, -0.05) is 13.8 Å². The molecule has 6 heteroatoms. The first-order valence-electron chi connectivity index (χ1n) is 6.35. The molecule has 0 aliphatic carbocycles. The number of carbonyl (C=O) groups excluding carboxylic acids is 1. The van der Waals surface area contributed by atoms with Gasteiger partial charge in [-0.25, -0.2) is 9.18 Å². The van der Waals surface area contributed by atoms with Crippen molar-refractivity contribution in [3.05, 3.63) is 29.6 Å². The summed E-state index contributed by atoms with van der Waals surface area (Å²) >= 11 is 0. The van der Waals surface area contributed by atoms with Crippen LogP contribution >= 0.6 is 0 Å². The van der Waals surface area contributed by atoms with Crippen LogP contribution in [0.25, 0.3) is 0 Å². The van der Waals surface area contributed by atoms with Gasteiger partial charge in [0.05, 0.1) is 5.92 Å². The first kappa shape index (κ1) is 15.9. The van der Waals surface area contributed by atoms with Gasteiger partial charge in [-0.3, -0.25) is 4.79 Å². The van der Waals surface area contributed by atoms with Crippen molar-refractivity contribution in [3.63, 3.8) is 0 Å². The number of hydrogen-bond donors (Lipinski definition) is 3. The van der Waals surface area contributed by atoms with Crippen LogP contribution in [0.4, 0.5) is 14.9 Å². The second-order valence-corrected chi connectivity index (χ2v) is 4.98. The summed E-state index contributed by atoms with van der Waals surface area (Å²) in [7, 11) is 0. The molecule has 0 saturated carbocycles. The van der Waals surface area contributed by atoms with Gasteiger partial charge in [-0.05, 0) is 36.6 Å². The molecule has 1 rings (SSSR count). The molecule has 1 atom stereocenters. The van der Waals surface area contributed by atoms with Crippen LogP contribution in [0.3, 0.4) is 0 Å². The van der Waals surface area contributed by atoms with Gasteiger partial charge in [-0.2, -0.15) is 0 Å². The topological polar surface area (TPSA) is 78.4 Å². The number of amides is 2. The fraction of sp³-hybridized carbons (Fsp3) is 0.429. The van der Waals surface area contributed by atoms with E-state index in [0.717, 1.165) is 0 Å². The summed E-state index contributed by atoms with van der Waals surface area (Å²) in [6.45, 7) is 5.27. The molecule has 5 nitrogen and oxygen atoms in total. The molecule has 20 heavy (non-hydrogen) atoms. The van der Waals surface area contributed by atoms with Crippen LogP contribution in [0.15, 0.2) is 18.2 Å². The highest BCUT2D eigenvalue weighted by atomic mass is 19.1. The highest BCUT2D eigenvalue weighted by Gasteiger charge is 2.21. The van der Waals surface area contributed by atoms with E-state index in [-0.39, 0.29) is 18.3 Å². The van der Waals surface area contributed by atoms with Crippen molar-refractivity contribution < 1.29 is 19.1 Å². The number of carboxylic acid groups (broad SMARTS) is 1. The molecule has 0 fully saturated rings. The molecule has 2 amide bonds. The lowest BCUT2D eigenvalue weighted by Gasteiger charge is -2.17. The standard InChI is InChI=1S/C14H19FN2O3/c1-8(2)11(13(18)19)7-16-14(20)17-12-5-4-10(15)6-9(12)3/h4-6,8,11H,7H2,1-3H3,(H,18,19)(H2,16,17,20). The quantitative estimate of drug-likeness (QED) is 0.776. The number of carboxylic acids is 1. The third kappa shape index (κ3) is 4.53. The summed E-state index contributed by atoms with van der Waals surface area (Å²) in [4.78, 5) is 22.7. The zero-order valence-electron chi connectivity index (χ0n) is 11.7. The van der Waals surface area contributed by atoms with Crippen molar-refractivity contribution in [2.45, 2.75) is 20.8 Å². The number of hydrogen-bond acceptors (Lipinski definition) is 2. The smallest absolute Gasteiger partial charge is 0.319 e. The zero-order chi connectivity index (χ0) is 15.3. The Hall–Kier alpha value is -2.11. The maximum atomic E-state index is 12.9. The number of aryl methyl sites for hydroxylation is 1. The molecule has 0 heterocycles. The van der Waals surface area contributed by atoms with Crippen molar-refractivity contribution in [2.24, 2.45) is 11.8 Å². The minimum atomic E-state index is -0.946. The van der Waals surface area contributed by atoms with Crippen LogP contribution in [0, 0.1) is 24.6 Å². The molecule has 1 unspecified atom stereocenters.